The summed E-state index contributed by atoms with van der Waals surface area (Å²) in [6.07, 6.45) is 0.841. The lowest BCUT2D eigenvalue weighted by Crippen LogP contribution is -1.88. The molecule has 1 nitrogen and oxygen atoms in total. The van der Waals surface area contributed by atoms with Crippen LogP contribution < -0.4 is 4.74 Å². The molecule has 0 N–H and O–H groups in total. The Bertz CT molecular complexity index is 294. The zero-order valence-corrected chi connectivity index (χ0v) is 8.36. The van der Waals surface area contributed by atoms with E-state index in [9.17, 15) is 4.39 Å². The molecule has 2 heteroatoms. The zero-order valence-electron chi connectivity index (χ0n) is 8.36. The van der Waals surface area contributed by atoms with E-state index in [1.807, 2.05) is 26.8 Å². The molecule has 1 aliphatic rings. The molecule has 0 atom stereocenters. The maximum atomic E-state index is 13.0. The second-order valence-corrected chi connectivity index (χ2v) is 2.83. The monoisotopic (exact) mass is 182 g/mol. The number of rotatable bonds is 0. The summed E-state index contributed by atoms with van der Waals surface area (Å²) in [7, 11) is 0. The van der Waals surface area contributed by atoms with Gasteiger partial charge in [-0.3, -0.25) is 0 Å². The maximum Gasteiger partial charge on any atom is 0.165 e. The largest absolute Gasteiger partial charge is 0.490 e. The van der Waals surface area contributed by atoms with E-state index in [-0.39, 0.29) is 5.82 Å². The van der Waals surface area contributed by atoms with Crippen LogP contribution in [0.15, 0.2) is 12.1 Å². The summed E-state index contributed by atoms with van der Waals surface area (Å²) in [4.78, 5) is 0. The van der Waals surface area contributed by atoms with E-state index in [1.165, 1.54) is 6.07 Å². The first kappa shape index (κ1) is 10.0. The number of halogens is 1. The molecule has 0 aliphatic carbocycles. The number of aryl methyl sites for hydroxylation is 1. The summed E-state index contributed by atoms with van der Waals surface area (Å²) in [5.74, 6) is 0.230. The van der Waals surface area contributed by atoms with Gasteiger partial charge in [-0.15, -0.1) is 0 Å². The molecule has 0 spiro atoms. The molecular weight excluding hydrogens is 167 g/mol. The third-order valence-electron chi connectivity index (χ3n) is 1.88. The van der Waals surface area contributed by atoms with E-state index >= 15 is 0 Å². The van der Waals surface area contributed by atoms with Crippen LogP contribution in [-0.4, -0.2) is 6.61 Å². The van der Waals surface area contributed by atoms with Crippen LogP contribution in [0.2, 0.25) is 0 Å². The van der Waals surface area contributed by atoms with Gasteiger partial charge in [-0.2, -0.15) is 0 Å². The lowest BCUT2D eigenvalue weighted by Gasteiger charge is -2.00. The third-order valence-corrected chi connectivity index (χ3v) is 1.88. The normalized spacial score (nSPS) is 12.6. The molecule has 0 bridgehead atoms. The molecule has 0 radical (unpaired) electrons. The van der Waals surface area contributed by atoms with Crippen molar-refractivity contribution >= 4 is 0 Å². The first-order valence-electron chi connectivity index (χ1n) is 4.69. The van der Waals surface area contributed by atoms with E-state index in [0.717, 1.165) is 17.5 Å². The van der Waals surface area contributed by atoms with Crippen molar-refractivity contribution in [1.82, 2.24) is 0 Å². The third kappa shape index (κ3) is 2.00. The van der Waals surface area contributed by atoms with Gasteiger partial charge in [-0.05, 0) is 18.6 Å². The van der Waals surface area contributed by atoms with Gasteiger partial charge in [0.2, 0.25) is 0 Å². The Morgan fingerprint density at radius 3 is 2.69 bits per heavy atom. The lowest BCUT2D eigenvalue weighted by molar-refractivity contribution is 0.339. The van der Waals surface area contributed by atoms with E-state index in [2.05, 4.69) is 0 Å². The van der Waals surface area contributed by atoms with E-state index < -0.39 is 0 Å². The number of hydrogen-bond acceptors (Lipinski definition) is 1. The smallest absolute Gasteiger partial charge is 0.165 e. The Labute approximate surface area is 78.5 Å². The van der Waals surface area contributed by atoms with Crippen molar-refractivity contribution in [3.05, 3.63) is 29.1 Å². The summed E-state index contributed by atoms with van der Waals surface area (Å²) >= 11 is 0. The molecule has 0 saturated carbocycles. The highest BCUT2D eigenvalue weighted by Gasteiger charge is 2.16. The number of ether oxygens (including phenoxy) is 1. The fourth-order valence-electron chi connectivity index (χ4n) is 1.41. The van der Waals surface area contributed by atoms with Gasteiger partial charge in [0.25, 0.3) is 0 Å². The van der Waals surface area contributed by atoms with Crippen LogP contribution in [-0.2, 0) is 6.42 Å². The fourth-order valence-corrected chi connectivity index (χ4v) is 1.41. The van der Waals surface area contributed by atoms with Crippen LogP contribution in [0, 0.1) is 12.7 Å². The Balaban J connectivity index is 0.000000396. The molecule has 1 aromatic rings. The topological polar surface area (TPSA) is 9.23 Å². The van der Waals surface area contributed by atoms with Gasteiger partial charge >= 0.3 is 0 Å². The maximum absolute atomic E-state index is 13.0. The van der Waals surface area contributed by atoms with Crippen molar-refractivity contribution in [2.24, 2.45) is 0 Å². The first-order chi connectivity index (χ1) is 6.27. The van der Waals surface area contributed by atoms with Gasteiger partial charge in [-0.25, -0.2) is 4.39 Å². The number of benzene rings is 1. The SMILES string of the molecule is CC.Cc1cc(F)c2c(c1)CCO2. The quantitative estimate of drug-likeness (QED) is 0.599. The molecular formula is C11H15FO. The predicted octanol–water partition coefficient (Wildman–Crippen LogP) is 3.10. The van der Waals surface area contributed by atoms with Gasteiger partial charge in [0.15, 0.2) is 11.6 Å². The van der Waals surface area contributed by atoms with Crippen LogP contribution in [0.1, 0.15) is 25.0 Å². The molecule has 1 heterocycles. The minimum absolute atomic E-state index is 0.225. The van der Waals surface area contributed by atoms with E-state index in [1.54, 1.807) is 0 Å². The van der Waals surface area contributed by atoms with Crippen molar-refractivity contribution in [1.29, 1.82) is 0 Å². The average Bonchev–Trinajstić information content (AvgIpc) is 2.55. The molecule has 0 unspecified atom stereocenters. The molecule has 13 heavy (non-hydrogen) atoms. The van der Waals surface area contributed by atoms with Gasteiger partial charge < -0.3 is 4.74 Å². The van der Waals surface area contributed by atoms with Crippen LogP contribution >= 0.6 is 0 Å². The summed E-state index contributed by atoms with van der Waals surface area (Å²) in [5.41, 5.74) is 1.97. The van der Waals surface area contributed by atoms with Crippen molar-refractivity contribution in [2.45, 2.75) is 27.2 Å². The average molecular weight is 182 g/mol. The molecule has 0 aromatic heterocycles. The van der Waals surface area contributed by atoms with E-state index in [0.29, 0.717) is 12.4 Å². The van der Waals surface area contributed by atoms with Crippen LogP contribution in [0.5, 0.6) is 5.75 Å². The minimum Gasteiger partial charge on any atom is -0.490 e. The molecule has 1 aromatic carbocycles. The highest BCUT2D eigenvalue weighted by Crippen LogP contribution is 2.29. The minimum atomic E-state index is -0.225. The van der Waals surface area contributed by atoms with Crippen molar-refractivity contribution in [3.8, 4) is 5.75 Å². The molecule has 72 valence electrons. The Hall–Kier alpha value is -1.05. The van der Waals surface area contributed by atoms with Gasteiger partial charge in [-0.1, -0.05) is 19.9 Å². The van der Waals surface area contributed by atoms with Crippen molar-refractivity contribution < 1.29 is 9.13 Å². The molecule has 2 rings (SSSR count). The Kier molecular flexibility index (Phi) is 3.29. The van der Waals surface area contributed by atoms with Gasteiger partial charge in [0.05, 0.1) is 6.61 Å². The summed E-state index contributed by atoms with van der Waals surface area (Å²) in [5, 5.41) is 0. The standard InChI is InChI=1S/C9H9FO.C2H6/c1-6-4-7-2-3-11-9(7)8(10)5-6;1-2/h4-5H,2-3H2,1H3;1-2H3. The van der Waals surface area contributed by atoms with Crippen LogP contribution in [0.3, 0.4) is 0 Å². The lowest BCUT2D eigenvalue weighted by atomic mass is 10.1. The molecule has 1 aliphatic heterocycles. The predicted molar refractivity (Wildman–Crippen MR) is 51.7 cm³/mol. The molecule has 0 amide bonds. The molecule has 0 saturated heterocycles. The van der Waals surface area contributed by atoms with Gasteiger partial charge in [0, 0.05) is 12.0 Å². The second-order valence-electron chi connectivity index (χ2n) is 2.83. The first-order valence-corrected chi connectivity index (χ1v) is 4.69. The number of hydrogen-bond donors (Lipinski definition) is 0. The zero-order chi connectivity index (χ0) is 9.84. The van der Waals surface area contributed by atoms with Crippen molar-refractivity contribution in [2.75, 3.05) is 6.61 Å². The Morgan fingerprint density at radius 1 is 1.31 bits per heavy atom. The van der Waals surface area contributed by atoms with E-state index in [4.69, 9.17) is 4.74 Å². The van der Waals surface area contributed by atoms with Crippen LogP contribution in [0.4, 0.5) is 4.39 Å². The van der Waals surface area contributed by atoms with Crippen LogP contribution in [0.25, 0.3) is 0 Å². The summed E-state index contributed by atoms with van der Waals surface area (Å²) in [6, 6.07) is 3.48. The molecule has 0 fully saturated rings. The highest BCUT2D eigenvalue weighted by molar-refractivity contribution is 5.40. The number of fused-ring (bicyclic) bond motifs is 1. The summed E-state index contributed by atoms with van der Waals surface area (Å²) in [6.45, 7) is 6.51. The Morgan fingerprint density at radius 2 is 2.00 bits per heavy atom. The summed E-state index contributed by atoms with van der Waals surface area (Å²) < 4.78 is 18.1. The van der Waals surface area contributed by atoms with Crippen molar-refractivity contribution in [3.63, 3.8) is 0 Å². The highest BCUT2D eigenvalue weighted by atomic mass is 19.1. The fraction of sp³-hybridized carbons (Fsp3) is 0.455. The van der Waals surface area contributed by atoms with Gasteiger partial charge in [0.1, 0.15) is 0 Å². The second kappa shape index (κ2) is 4.26.